The normalized spacial score (nSPS) is 15.9. The predicted octanol–water partition coefficient (Wildman–Crippen LogP) is 0.0186. The van der Waals surface area contributed by atoms with Crippen LogP contribution in [0.1, 0.15) is 9.67 Å². The third-order valence-corrected chi connectivity index (χ3v) is 6.75. The van der Waals surface area contributed by atoms with Gasteiger partial charge in [-0.2, -0.15) is 4.31 Å². The Hall–Kier alpha value is -1.01. The van der Waals surface area contributed by atoms with E-state index >= 15 is 0 Å². The van der Waals surface area contributed by atoms with E-state index in [9.17, 15) is 18.0 Å². The third-order valence-electron chi connectivity index (χ3n) is 3.25. The number of sulfonamides is 1. The first kappa shape index (κ1) is 19.3. The van der Waals surface area contributed by atoms with E-state index < -0.39 is 15.9 Å². The molecule has 2 amide bonds. The lowest BCUT2D eigenvalue weighted by molar-refractivity contribution is -0.120. The zero-order valence-corrected chi connectivity index (χ0v) is 16.0. The minimum atomic E-state index is -3.40. The highest BCUT2D eigenvalue weighted by Crippen LogP contribution is 2.21. The lowest BCUT2D eigenvalue weighted by Crippen LogP contribution is -2.44. The maximum absolute atomic E-state index is 12.1. The molecule has 0 aliphatic carbocycles. The fraction of sp³-hybridized carbons (Fsp3) is 0.538. The topological polar surface area (TPSA) is 105 Å². The molecule has 1 aromatic heterocycles. The molecule has 1 aliphatic rings. The molecule has 0 saturated carbocycles. The Morgan fingerprint density at radius 2 is 1.96 bits per heavy atom. The van der Waals surface area contributed by atoms with Crippen molar-refractivity contribution >= 4 is 49.1 Å². The molecule has 2 heterocycles. The first-order chi connectivity index (χ1) is 11.4. The molecule has 1 saturated heterocycles. The Morgan fingerprint density at radius 1 is 1.25 bits per heavy atom. The van der Waals surface area contributed by atoms with E-state index in [1.165, 1.54) is 15.6 Å². The van der Waals surface area contributed by atoms with E-state index in [0.29, 0.717) is 31.2 Å². The molecule has 2 rings (SSSR count). The highest BCUT2D eigenvalue weighted by atomic mass is 79.9. The number of nitrogens with one attached hydrogen (secondary N) is 2. The largest absolute Gasteiger partial charge is 0.379 e. The van der Waals surface area contributed by atoms with Crippen LogP contribution in [-0.4, -0.2) is 69.7 Å². The molecular weight excluding hydrogens is 422 g/mol. The van der Waals surface area contributed by atoms with Crippen LogP contribution >= 0.6 is 27.3 Å². The summed E-state index contributed by atoms with van der Waals surface area (Å²) in [5.41, 5.74) is 0. The van der Waals surface area contributed by atoms with Crippen LogP contribution in [0.15, 0.2) is 15.9 Å². The summed E-state index contributed by atoms with van der Waals surface area (Å²) in [7, 11) is -3.40. The summed E-state index contributed by atoms with van der Waals surface area (Å²) in [6.07, 6.45) is 0. The number of nitrogens with zero attached hydrogens (tertiary/aromatic N) is 1. The molecular formula is C13H18BrN3O5S2. The zero-order valence-electron chi connectivity index (χ0n) is 12.8. The minimum absolute atomic E-state index is 0.00105. The molecule has 0 spiro atoms. The number of thiophene rings is 1. The summed E-state index contributed by atoms with van der Waals surface area (Å²) in [5, 5.41) is 4.98. The van der Waals surface area contributed by atoms with E-state index in [0.717, 1.165) is 3.79 Å². The second-order valence-corrected chi connectivity index (χ2v) is 9.52. The van der Waals surface area contributed by atoms with Crippen LogP contribution < -0.4 is 10.6 Å². The predicted molar refractivity (Wildman–Crippen MR) is 93.5 cm³/mol. The molecule has 8 nitrogen and oxygen atoms in total. The van der Waals surface area contributed by atoms with Crippen LogP contribution in [0.2, 0.25) is 0 Å². The molecule has 24 heavy (non-hydrogen) atoms. The van der Waals surface area contributed by atoms with Gasteiger partial charge in [-0.25, -0.2) is 8.42 Å². The van der Waals surface area contributed by atoms with Crippen molar-refractivity contribution in [3.63, 3.8) is 0 Å². The van der Waals surface area contributed by atoms with Crippen molar-refractivity contribution in [3.8, 4) is 0 Å². The van der Waals surface area contributed by atoms with Gasteiger partial charge >= 0.3 is 0 Å². The molecule has 0 unspecified atom stereocenters. The second kappa shape index (κ2) is 8.90. The van der Waals surface area contributed by atoms with Crippen molar-refractivity contribution in [2.24, 2.45) is 0 Å². The standard InChI is InChI=1S/C13H18BrN3O5S2/c14-11-2-1-10(23-11)13(19)16-9-12(18)15-3-8-24(20,21)17-4-6-22-7-5-17/h1-2H,3-9H2,(H,15,18)(H,16,19). The van der Waals surface area contributed by atoms with Crippen LogP contribution in [0, 0.1) is 0 Å². The van der Waals surface area contributed by atoms with Gasteiger partial charge in [0.05, 0.1) is 34.2 Å². The fourth-order valence-electron chi connectivity index (χ4n) is 2.02. The summed E-state index contributed by atoms with van der Waals surface area (Å²) >= 11 is 4.52. The monoisotopic (exact) mass is 439 g/mol. The zero-order chi connectivity index (χ0) is 17.6. The van der Waals surface area contributed by atoms with Crippen molar-refractivity contribution in [1.82, 2.24) is 14.9 Å². The smallest absolute Gasteiger partial charge is 0.261 e. The highest BCUT2D eigenvalue weighted by Gasteiger charge is 2.23. The average molecular weight is 440 g/mol. The summed E-state index contributed by atoms with van der Waals surface area (Å²) in [4.78, 5) is 24.0. The number of hydrogen-bond acceptors (Lipinski definition) is 6. The number of rotatable bonds is 7. The molecule has 0 atom stereocenters. The Balaban J connectivity index is 1.68. The lowest BCUT2D eigenvalue weighted by atomic mass is 10.4. The van der Waals surface area contributed by atoms with E-state index in [4.69, 9.17) is 4.74 Å². The molecule has 1 aliphatic heterocycles. The number of halogens is 1. The van der Waals surface area contributed by atoms with Gasteiger partial charge in [0.2, 0.25) is 15.9 Å². The van der Waals surface area contributed by atoms with Gasteiger partial charge in [-0.1, -0.05) is 0 Å². The van der Waals surface area contributed by atoms with Crippen LogP contribution in [0.5, 0.6) is 0 Å². The van der Waals surface area contributed by atoms with Crippen molar-refractivity contribution in [2.75, 3.05) is 45.1 Å². The molecule has 11 heteroatoms. The van der Waals surface area contributed by atoms with Gasteiger partial charge in [0.1, 0.15) is 0 Å². The van der Waals surface area contributed by atoms with Gasteiger partial charge in [0.25, 0.3) is 5.91 Å². The van der Waals surface area contributed by atoms with Crippen LogP contribution in [-0.2, 0) is 19.6 Å². The maximum Gasteiger partial charge on any atom is 0.261 e. The molecule has 1 fully saturated rings. The van der Waals surface area contributed by atoms with Gasteiger partial charge in [0, 0.05) is 19.6 Å². The Bertz CT molecular complexity index is 686. The molecule has 1 aromatic rings. The minimum Gasteiger partial charge on any atom is -0.379 e. The SMILES string of the molecule is O=C(CNC(=O)c1ccc(Br)s1)NCCS(=O)(=O)N1CCOCC1. The Labute approximate surface area is 152 Å². The quantitative estimate of drug-likeness (QED) is 0.622. The lowest BCUT2D eigenvalue weighted by Gasteiger charge is -2.26. The number of carbonyl (C=O) groups excluding carboxylic acids is 2. The van der Waals surface area contributed by atoms with Crippen LogP contribution in [0.25, 0.3) is 0 Å². The Morgan fingerprint density at radius 3 is 2.58 bits per heavy atom. The number of carbonyl (C=O) groups is 2. The number of amides is 2. The van der Waals surface area contributed by atoms with Gasteiger partial charge in [0.15, 0.2) is 0 Å². The number of hydrogen-bond donors (Lipinski definition) is 2. The summed E-state index contributed by atoms with van der Waals surface area (Å²) in [6.45, 7) is 1.24. The van der Waals surface area contributed by atoms with Gasteiger partial charge in [-0.15, -0.1) is 11.3 Å². The van der Waals surface area contributed by atoms with Crippen molar-refractivity contribution < 1.29 is 22.7 Å². The van der Waals surface area contributed by atoms with E-state index in [1.54, 1.807) is 12.1 Å². The van der Waals surface area contributed by atoms with E-state index in [2.05, 4.69) is 26.6 Å². The first-order valence-electron chi connectivity index (χ1n) is 7.24. The summed E-state index contributed by atoms with van der Waals surface area (Å²) in [5.74, 6) is -0.956. The second-order valence-electron chi connectivity index (χ2n) is 4.96. The van der Waals surface area contributed by atoms with Crippen molar-refractivity contribution in [1.29, 1.82) is 0 Å². The molecule has 134 valence electrons. The molecule has 0 aromatic carbocycles. The van der Waals surface area contributed by atoms with Crippen molar-refractivity contribution in [2.45, 2.75) is 0 Å². The maximum atomic E-state index is 12.1. The first-order valence-corrected chi connectivity index (χ1v) is 10.5. The van der Waals surface area contributed by atoms with Crippen molar-refractivity contribution in [3.05, 3.63) is 20.8 Å². The van der Waals surface area contributed by atoms with Crippen LogP contribution in [0.3, 0.4) is 0 Å². The Kier molecular flexibility index (Phi) is 7.16. The van der Waals surface area contributed by atoms with Gasteiger partial charge in [-0.05, 0) is 28.1 Å². The third kappa shape index (κ3) is 5.81. The van der Waals surface area contributed by atoms with E-state index in [1.807, 2.05) is 0 Å². The molecule has 0 radical (unpaired) electrons. The number of ether oxygens (including phenoxy) is 1. The van der Waals surface area contributed by atoms with Gasteiger partial charge in [-0.3, -0.25) is 9.59 Å². The molecule has 2 N–H and O–H groups in total. The summed E-state index contributed by atoms with van der Waals surface area (Å²) < 4.78 is 31.4. The van der Waals surface area contributed by atoms with Gasteiger partial charge < -0.3 is 15.4 Å². The van der Waals surface area contributed by atoms with E-state index in [-0.39, 0.29) is 24.7 Å². The van der Waals surface area contributed by atoms with Crippen LogP contribution in [0.4, 0.5) is 0 Å². The molecule has 0 bridgehead atoms. The number of morpholine rings is 1. The highest BCUT2D eigenvalue weighted by molar-refractivity contribution is 9.11. The fourth-order valence-corrected chi connectivity index (χ4v) is 4.65. The summed E-state index contributed by atoms with van der Waals surface area (Å²) in [6, 6.07) is 3.40. The average Bonchev–Trinajstić information content (AvgIpc) is 3.00.